The van der Waals surface area contributed by atoms with Crippen LogP contribution >= 0.6 is 0 Å². The van der Waals surface area contributed by atoms with Crippen LogP contribution < -0.4 is 16.2 Å². The van der Waals surface area contributed by atoms with Crippen LogP contribution in [0.5, 0.6) is 5.75 Å². The molecule has 0 spiro atoms. The number of piperidine rings is 2. The minimum Gasteiger partial charge on any atom is -0.506 e. The quantitative estimate of drug-likeness (QED) is 0.0755. The lowest BCUT2D eigenvalue weighted by molar-refractivity contribution is -0.150. The van der Waals surface area contributed by atoms with Gasteiger partial charge in [-0.15, -0.1) is 0 Å². The van der Waals surface area contributed by atoms with E-state index in [4.69, 9.17) is 9.47 Å². The minimum atomic E-state index is -0.968. The first-order valence-electron chi connectivity index (χ1n) is 20.9. The number of benzene rings is 4. The van der Waals surface area contributed by atoms with Crippen LogP contribution in [0.1, 0.15) is 54.9 Å². The molecule has 3 heterocycles. The number of phenolic OH excluding ortho intramolecular Hbond substituents is 1. The first kappa shape index (κ1) is 43.0. The first-order chi connectivity index (χ1) is 29.6. The average molecular weight is 834 g/mol. The van der Waals surface area contributed by atoms with Gasteiger partial charge < -0.3 is 39.8 Å². The third kappa shape index (κ3) is 11.6. The molecule has 5 N–H and O–H groups in total. The molecule has 0 saturated carbocycles. The molecule has 14 heteroatoms. The zero-order valence-electron chi connectivity index (χ0n) is 34.0. The van der Waals surface area contributed by atoms with Gasteiger partial charge in [-0.3, -0.25) is 19.7 Å². The summed E-state index contributed by atoms with van der Waals surface area (Å²) in [6, 6.07) is 28.2. The van der Waals surface area contributed by atoms with Crippen LogP contribution in [0, 0.1) is 11.7 Å². The topological polar surface area (TPSA) is 174 Å². The summed E-state index contributed by atoms with van der Waals surface area (Å²) in [5.41, 5.74) is 3.99. The number of ether oxygens (including phenoxy) is 2. The number of carbonyl (C=O) groups excluding carboxylic acids is 3. The third-order valence-corrected chi connectivity index (χ3v) is 11.5. The number of anilines is 1. The Balaban J connectivity index is 0.756. The molecule has 2 amide bonds. The molecule has 61 heavy (non-hydrogen) atoms. The predicted molar refractivity (Wildman–Crippen MR) is 229 cm³/mol. The van der Waals surface area contributed by atoms with Crippen molar-refractivity contribution in [3.63, 3.8) is 0 Å². The Morgan fingerprint density at radius 2 is 1.64 bits per heavy atom. The highest BCUT2D eigenvalue weighted by atomic mass is 19.1. The highest BCUT2D eigenvalue weighted by Gasteiger charge is 2.27. The summed E-state index contributed by atoms with van der Waals surface area (Å²) >= 11 is 0. The van der Waals surface area contributed by atoms with E-state index in [1.165, 1.54) is 30.3 Å². The van der Waals surface area contributed by atoms with Gasteiger partial charge in [0.25, 0.3) is 0 Å². The molecule has 320 valence electrons. The molecule has 2 fully saturated rings. The number of amides is 2. The lowest BCUT2D eigenvalue weighted by Gasteiger charge is -2.34. The van der Waals surface area contributed by atoms with Crippen LogP contribution in [0.25, 0.3) is 22.0 Å². The van der Waals surface area contributed by atoms with Crippen LogP contribution in [0.15, 0.2) is 102 Å². The zero-order chi connectivity index (χ0) is 42.7. The van der Waals surface area contributed by atoms with E-state index < -0.39 is 18.0 Å². The number of rotatable bonds is 15. The number of likely N-dealkylation sites (tertiary alicyclic amines) is 2. The number of aromatic nitrogens is 1. The third-order valence-electron chi connectivity index (χ3n) is 11.5. The van der Waals surface area contributed by atoms with Crippen LogP contribution in [0.4, 0.5) is 14.9 Å². The molecule has 0 aliphatic carbocycles. The Hall–Kier alpha value is -6.09. The van der Waals surface area contributed by atoms with Crippen molar-refractivity contribution in [2.45, 2.75) is 57.3 Å². The molecule has 1 atom stereocenters. The molecule has 13 nitrogen and oxygen atoms in total. The van der Waals surface area contributed by atoms with Crippen molar-refractivity contribution in [3.8, 4) is 16.9 Å². The second kappa shape index (κ2) is 20.4. The van der Waals surface area contributed by atoms with Gasteiger partial charge >= 0.3 is 12.1 Å². The Morgan fingerprint density at radius 1 is 0.885 bits per heavy atom. The van der Waals surface area contributed by atoms with Gasteiger partial charge in [0.05, 0.1) is 30.3 Å². The van der Waals surface area contributed by atoms with Gasteiger partial charge in [-0.25, -0.2) is 9.18 Å². The molecule has 7 rings (SSSR count). The molecule has 0 bridgehead atoms. The van der Waals surface area contributed by atoms with Crippen LogP contribution in [0.2, 0.25) is 0 Å². The van der Waals surface area contributed by atoms with Gasteiger partial charge in [-0.2, -0.15) is 0 Å². The molecule has 2 saturated heterocycles. The number of esters is 1. The van der Waals surface area contributed by atoms with E-state index in [9.17, 15) is 33.8 Å². The monoisotopic (exact) mass is 833 g/mol. The van der Waals surface area contributed by atoms with Gasteiger partial charge in [0.15, 0.2) is 0 Å². The number of hydrogen-bond donors (Lipinski definition) is 5. The van der Waals surface area contributed by atoms with Crippen molar-refractivity contribution in [3.05, 3.63) is 130 Å². The van der Waals surface area contributed by atoms with E-state index >= 15 is 0 Å². The fraction of sp³-hybridized carbons (Fsp3) is 0.362. The van der Waals surface area contributed by atoms with Gasteiger partial charge in [0, 0.05) is 63.7 Å². The SMILES string of the molecule is O=C(Cc1ccccc1-c1ccccc1)OC1CCN(CCC(=O)N2CCC(COC(=O)Nc3ccc(CNC[C@H](O)c4ccc(O)c5[nH]c(=O)ccc45)cc3F)CC2)CC1. The summed E-state index contributed by atoms with van der Waals surface area (Å²) < 4.78 is 26.2. The van der Waals surface area contributed by atoms with Crippen molar-refractivity contribution in [2.24, 2.45) is 5.92 Å². The number of aliphatic hydroxyl groups excluding tert-OH is 1. The fourth-order valence-corrected chi connectivity index (χ4v) is 8.09. The largest absolute Gasteiger partial charge is 0.506 e. The summed E-state index contributed by atoms with van der Waals surface area (Å²) in [6.45, 7) is 3.83. The molecule has 2 aliphatic heterocycles. The maximum absolute atomic E-state index is 14.9. The Kier molecular flexibility index (Phi) is 14.4. The molecular formula is C47H52FN5O8. The number of nitrogens with zero attached hydrogens (tertiary/aromatic N) is 2. The maximum atomic E-state index is 14.9. The molecule has 0 unspecified atom stereocenters. The molecule has 0 radical (unpaired) electrons. The van der Waals surface area contributed by atoms with Crippen molar-refractivity contribution < 1.29 is 38.5 Å². The first-order valence-corrected chi connectivity index (χ1v) is 20.9. The van der Waals surface area contributed by atoms with Crippen molar-refractivity contribution in [2.75, 3.05) is 51.2 Å². The van der Waals surface area contributed by atoms with Crippen LogP contribution in [-0.4, -0.2) is 94.9 Å². The second-order valence-electron chi connectivity index (χ2n) is 15.8. The summed E-state index contributed by atoms with van der Waals surface area (Å²) in [5, 5.41) is 26.9. The number of carbonyl (C=O) groups is 3. The minimum absolute atomic E-state index is 0.0234. The highest BCUT2D eigenvalue weighted by Crippen LogP contribution is 2.29. The number of halogens is 1. The molecular weight excluding hydrogens is 782 g/mol. The predicted octanol–water partition coefficient (Wildman–Crippen LogP) is 6.29. The number of fused-ring (bicyclic) bond motifs is 1. The van der Waals surface area contributed by atoms with Gasteiger partial charge in [0.1, 0.15) is 17.7 Å². The lowest BCUT2D eigenvalue weighted by atomic mass is 9.97. The normalized spacial score (nSPS) is 15.7. The molecule has 5 aromatic rings. The van der Waals surface area contributed by atoms with Gasteiger partial charge in [-0.05, 0) is 83.7 Å². The maximum Gasteiger partial charge on any atom is 0.411 e. The second-order valence-corrected chi connectivity index (χ2v) is 15.8. The van der Waals surface area contributed by atoms with E-state index in [1.54, 1.807) is 12.1 Å². The summed E-state index contributed by atoms with van der Waals surface area (Å²) in [7, 11) is 0. The fourth-order valence-electron chi connectivity index (χ4n) is 8.09. The van der Waals surface area contributed by atoms with E-state index in [0.717, 1.165) is 42.6 Å². The van der Waals surface area contributed by atoms with E-state index in [2.05, 4.69) is 20.5 Å². The molecule has 1 aromatic heterocycles. The Bertz CT molecular complexity index is 2360. The number of phenols is 1. The number of aromatic amines is 1. The van der Waals surface area contributed by atoms with E-state index in [0.29, 0.717) is 55.4 Å². The number of aliphatic hydroxyl groups is 1. The summed E-state index contributed by atoms with van der Waals surface area (Å²) in [4.78, 5) is 56.9. The number of hydrogen-bond acceptors (Lipinski definition) is 10. The smallest absolute Gasteiger partial charge is 0.411 e. The highest BCUT2D eigenvalue weighted by molar-refractivity contribution is 5.87. The van der Waals surface area contributed by atoms with Crippen LogP contribution in [-0.2, 0) is 32.0 Å². The summed E-state index contributed by atoms with van der Waals surface area (Å²) in [6.07, 6.45) is 1.61. The molecule has 4 aromatic carbocycles. The average Bonchev–Trinajstić information content (AvgIpc) is 3.27. The Morgan fingerprint density at radius 3 is 2.41 bits per heavy atom. The van der Waals surface area contributed by atoms with Gasteiger partial charge in [0.2, 0.25) is 11.5 Å². The number of H-pyrrole nitrogens is 1. The van der Waals surface area contributed by atoms with Crippen molar-refractivity contribution in [1.29, 1.82) is 0 Å². The standard InChI is InChI=1S/C47H52FN5O8/c48-39-26-32(28-49-29-42(55)37-11-14-41(54)46-38(37)12-15-43(56)51-46)10-13-40(39)50-47(59)60-30-31-16-24-53(25-17-31)44(57)20-23-52-21-18-35(19-22-52)61-45(58)27-34-8-4-5-9-36(34)33-6-2-1-3-7-33/h1-15,26,31,35,42,49,54-55H,16-25,27-30H2,(H,50,59)(H,51,56)/t42-/m0/s1. The Labute approximate surface area is 353 Å². The summed E-state index contributed by atoms with van der Waals surface area (Å²) in [5.74, 6) is -0.788. The number of nitrogens with one attached hydrogen (secondary N) is 3. The van der Waals surface area contributed by atoms with E-state index in [1.807, 2.05) is 59.5 Å². The lowest BCUT2D eigenvalue weighted by Crippen LogP contribution is -2.43. The molecule has 2 aliphatic rings. The van der Waals surface area contributed by atoms with Crippen molar-refractivity contribution in [1.82, 2.24) is 20.1 Å². The van der Waals surface area contributed by atoms with Crippen molar-refractivity contribution >= 4 is 34.6 Å². The zero-order valence-corrected chi connectivity index (χ0v) is 34.0. The van der Waals surface area contributed by atoms with Crippen LogP contribution in [0.3, 0.4) is 0 Å². The van der Waals surface area contributed by atoms with Gasteiger partial charge in [-0.1, -0.05) is 66.7 Å². The number of aromatic hydroxyl groups is 1. The van der Waals surface area contributed by atoms with E-state index in [-0.39, 0.29) is 72.5 Å². The number of pyridine rings is 1.